The van der Waals surface area contributed by atoms with Crippen LogP contribution in [0.5, 0.6) is 0 Å². The average molecular weight is 234 g/mol. The molecule has 0 rings (SSSR count). The van der Waals surface area contributed by atoms with Crippen LogP contribution in [-0.2, 0) is 19.0 Å². The smallest absolute Gasteiger partial charge is 0.450 e. The predicted octanol–water partition coefficient (Wildman–Crippen LogP) is 1.20. The Labute approximate surface area is 92.3 Å². The molecule has 0 aromatic rings. The Morgan fingerprint density at radius 3 is 2.12 bits per heavy atom. The maximum atomic E-state index is 10.8. The van der Waals surface area contributed by atoms with E-state index in [1.807, 2.05) is 0 Å². The molecule has 1 N–H and O–H groups in total. The number of Topliss-reactive ketones (excluding diaryl/α,β-unsaturated/α-hetero) is 1. The van der Waals surface area contributed by atoms with Crippen LogP contribution in [0.15, 0.2) is 0 Å². The van der Waals surface area contributed by atoms with Gasteiger partial charge in [0.05, 0.1) is 6.61 Å². The molecule has 92 valence electrons. The zero-order valence-corrected chi connectivity index (χ0v) is 8.93. The number of ketones is 1. The molecule has 0 aliphatic rings. The Balaban J connectivity index is 3.31. The molecule has 0 saturated heterocycles. The van der Waals surface area contributed by atoms with Gasteiger partial charge in [-0.3, -0.25) is 0 Å². The van der Waals surface area contributed by atoms with Gasteiger partial charge in [0.1, 0.15) is 19.0 Å². The number of rotatable bonds is 7. The van der Waals surface area contributed by atoms with Gasteiger partial charge in [0, 0.05) is 6.42 Å². The second kappa shape index (κ2) is 8.51. The SMILES string of the molecule is CC(=O)CCCOC(=O)OCCOC(=O)O. The van der Waals surface area contributed by atoms with Crippen LogP contribution in [0.1, 0.15) is 19.8 Å². The highest BCUT2D eigenvalue weighted by molar-refractivity contribution is 5.75. The van der Waals surface area contributed by atoms with Crippen molar-refractivity contribution in [1.29, 1.82) is 0 Å². The standard InChI is InChI=1S/C9H14O7/c1-7(10)3-2-4-15-9(13)16-6-5-14-8(11)12/h2-6H2,1H3,(H,11,12). The van der Waals surface area contributed by atoms with Crippen LogP contribution >= 0.6 is 0 Å². The Kier molecular flexibility index (Phi) is 7.56. The fourth-order valence-corrected chi connectivity index (χ4v) is 0.772. The van der Waals surface area contributed by atoms with Crippen molar-refractivity contribution >= 4 is 18.1 Å². The van der Waals surface area contributed by atoms with E-state index >= 15 is 0 Å². The quantitative estimate of drug-likeness (QED) is 0.521. The Morgan fingerprint density at radius 1 is 1.00 bits per heavy atom. The van der Waals surface area contributed by atoms with Crippen molar-refractivity contribution in [2.45, 2.75) is 19.8 Å². The minimum Gasteiger partial charge on any atom is -0.450 e. The minimum absolute atomic E-state index is 0.0202. The summed E-state index contributed by atoms with van der Waals surface area (Å²) in [4.78, 5) is 31.2. The van der Waals surface area contributed by atoms with Gasteiger partial charge in [-0.25, -0.2) is 9.59 Å². The highest BCUT2D eigenvalue weighted by atomic mass is 16.7. The molecule has 0 bridgehead atoms. The van der Waals surface area contributed by atoms with E-state index < -0.39 is 12.3 Å². The summed E-state index contributed by atoms with van der Waals surface area (Å²) in [5.41, 5.74) is 0. The molecule has 0 spiro atoms. The van der Waals surface area contributed by atoms with E-state index in [0.717, 1.165) is 0 Å². The van der Waals surface area contributed by atoms with Gasteiger partial charge in [-0.2, -0.15) is 0 Å². The van der Waals surface area contributed by atoms with Crippen molar-refractivity contribution in [2.24, 2.45) is 0 Å². The monoisotopic (exact) mass is 234 g/mol. The lowest BCUT2D eigenvalue weighted by Crippen LogP contribution is -2.14. The molecule has 0 aliphatic carbocycles. The molecule has 0 unspecified atom stereocenters. The van der Waals surface area contributed by atoms with Crippen molar-refractivity contribution in [3.63, 3.8) is 0 Å². The first-order valence-electron chi connectivity index (χ1n) is 4.67. The van der Waals surface area contributed by atoms with Crippen LogP contribution in [0, 0.1) is 0 Å². The fourth-order valence-electron chi connectivity index (χ4n) is 0.772. The van der Waals surface area contributed by atoms with Gasteiger partial charge in [-0.1, -0.05) is 0 Å². The van der Waals surface area contributed by atoms with E-state index in [2.05, 4.69) is 14.2 Å². The number of carbonyl (C=O) groups is 3. The van der Waals surface area contributed by atoms with E-state index in [4.69, 9.17) is 5.11 Å². The first-order chi connectivity index (χ1) is 7.52. The molecule has 0 saturated carbocycles. The van der Waals surface area contributed by atoms with Crippen LogP contribution in [0.3, 0.4) is 0 Å². The Morgan fingerprint density at radius 2 is 1.56 bits per heavy atom. The summed E-state index contributed by atoms with van der Waals surface area (Å²) in [6.45, 7) is 1.11. The highest BCUT2D eigenvalue weighted by Gasteiger charge is 2.04. The van der Waals surface area contributed by atoms with E-state index in [0.29, 0.717) is 12.8 Å². The molecular formula is C9H14O7. The van der Waals surface area contributed by atoms with Gasteiger partial charge in [0.15, 0.2) is 0 Å². The van der Waals surface area contributed by atoms with Crippen molar-refractivity contribution in [3.05, 3.63) is 0 Å². The third-order valence-corrected chi connectivity index (χ3v) is 1.42. The highest BCUT2D eigenvalue weighted by Crippen LogP contribution is 1.93. The molecule has 0 fully saturated rings. The van der Waals surface area contributed by atoms with Gasteiger partial charge in [-0.05, 0) is 13.3 Å². The molecule has 0 radical (unpaired) electrons. The number of ether oxygens (including phenoxy) is 3. The molecule has 0 heterocycles. The summed E-state index contributed by atoms with van der Waals surface area (Å²) in [6, 6.07) is 0. The largest absolute Gasteiger partial charge is 0.508 e. The summed E-state index contributed by atoms with van der Waals surface area (Å²) in [7, 11) is 0. The maximum absolute atomic E-state index is 10.8. The molecule has 7 heteroatoms. The van der Waals surface area contributed by atoms with Crippen molar-refractivity contribution in [3.8, 4) is 0 Å². The average Bonchev–Trinajstić information content (AvgIpc) is 2.19. The summed E-state index contributed by atoms with van der Waals surface area (Å²) in [5.74, 6) is 0.0202. The number of carboxylic acid groups (broad SMARTS) is 1. The number of carbonyl (C=O) groups excluding carboxylic acids is 2. The van der Waals surface area contributed by atoms with E-state index in [1.165, 1.54) is 6.92 Å². The molecule has 0 amide bonds. The van der Waals surface area contributed by atoms with Crippen molar-refractivity contribution in [1.82, 2.24) is 0 Å². The third-order valence-electron chi connectivity index (χ3n) is 1.42. The predicted molar refractivity (Wildman–Crippen MR) is 51.2 cm³/mol. The summed E-state index contributed by atoms with van der Waals surface area (Å²) in [5, 5.41) is 8.08. The summed E-state index contributed by atoms with van der Waals surface area (Å²) in [6.07, 6.45) is -1.55. The van der Waals surface area contributed by atoms with Crippen LogP contribution < -0.4 is 0 Å². The summed E-state index contributed by atoms with van der Waals surface area (Å²) < 4.78 is 13.1. The second-order valence-corrected chi connectivity index (χ2v) is 2.87. The minimum atomic E-state index is -1.43. The molecule has 0 aromatic carbocycles. The third kappa shape index (κ3) is 10.3. The van der Waals surface area contributed by atoms with Gasteiger partial charge < -0.3 is 24.1 Å². The zero-order valence-electron chi connectivity index (χ0n) is 8.93. The lowest BCUT2D eigenvalue weighted by molar-refractivity contribution is -0.117. The molecule has 0 atom stereocenters. The molecule has 0 aromatic heterocycles. The van der Waals surface area contributed by atoms with Crippen LogP contribution in [-0.4, -0.2) is 43.0 Å². The van der Waals surface area contributed by atoms with E-state index in [1.54, 1.807) is 0 Å². The molecule has 7 nitrogen and oxygen atoms in total. The lowest BCUT2D eigenvalue weighted by atomic mass is 10.2. The van der Waals surface area contributed by atoms with E-state index in [9.17, 15) is 14.4 Å². The number of hydrogen-bond donors (Lipinski definition) is 1. The Bertz CT molecular complexity index is 224. The normalized spacial score (nSPS) is 9.31. The van der Waals surface area contributed by atoms with Crippen LogP contribution in [0.4, 0.5) is 9.59 Å². The molecular weight excluding hydrogens is 220 g/mol. The Hall–Kier alpha value is -1.79. The first-order valence-corrected chi connectivity index (χ1v) is 4.67. The molecule has 0 aliphatic heterocycles. The topological polar surface area (TPSA) is 99.1 Å². The molecule has 16 heavy (non-hydrogen) atoms. The van der Waals surface area contributed by atoms with Gasteiger partial charge in [0.25, 0.3) is 0 Å². The number of hydrogen-bond acceptors (Lipinski definition) is 6. The van der Waals surface area contributed by atoms with E-state index in [-0.39, 0.29) is 25.6 Å². The van der Waals surface area contributed by atoms with Gasteiger partial charge in [0.2, 0.25) is 0 Å². The second-order valence-electron chi connectivity index (χ2n) is 2.87. The fraction of sp³-hybridized carbons (Fsp3) is 0.667. The van der Waals surface area contributed by atoms with Crippen LogP contribution in [0.25, 0.3) is 0 Å². The summed E-state index contributed by atoms with van der Waals surface area (Å²) >= 11 is 0. The van der Waals surface area contributed by atoms with Gasteiger partial charge >= 0.3 is 12.3 Å². The van der Waals surface area contributed by atoms with Crippen molar-refractivity contribution in [2.75, 3.05) is 19.8 Å². The first kappa shape index (κ1) is 14.2. The maximum Gasteiger partial charge on any atom is 0.508 e. The lowest BCUT2D eigenvalue weighted by Gasteiger charge is -2.05. The van der Waals surface area contributed by atoms with Crippen LogP contribution in [0.2, 0.25) is 0 Å². The van der Waals surface area contributed by atoms with Gasteiger partial charge in [-0.15, -0.1) is 0 Å². The zero-order chi connectivity index (χ0) is 12.4. The van der Waals surface area contributed by atoms with Crippen molar-refractivity contribution < 1.29 is 33.7 Å².